The third-order valence-electron chi connectivity index (χ3n) is 5.68. The number of carboxylic acids is 3. The van der Waals surface area contributed by atoms with E-state index in [1.165, 1.54) is 24.3 Å². The Hall–Kier alpha value is -3.55. The molecule has 8 nitrogen and oxygen atoms in total. The fourth-order valence-electron chi connectivity index (χ4n) is 3.62. The molecule has 0 bridgehead atoms. The van der Waals surface area contributed by atoms with E-state index in [4.69, 9.17) is 24.8 Å². The summed E-state index contributed by atoms with van der Waals surface area (Å²) in [4.78, 5) is 32.6. The van der Waals surface area contributed by atoms with E-state index in [0.29, 0.717) is 24.7 Å². The van der Waals surface area contributed by atoms with Crippen LogP contribution in [0.3, 0.4) is 0 Å². The van der Waals surface area contributed by atoms with Crippen LogP contribution < -0.4 is 9.47 Å². The van der Waals surface area contributed by atoms with Crippen molar-refractivity contribution in [2.24, 2.45) is 5.92 Å². The van der Waals surface area contributed by atoms with E-state index in [9.17, 15) is 14.4 Å². The zero-order chi connectivity index (χ0) is 25.5. The first-order valence-corrected chi connectivity index (χ1v) is 12.0. The molecule has 0 saturated heterocycles. The smallest absolute Gasteiger partial charge is 0.335 e. The van der Waals surface area contributed by atoms with Crippen LogP contribution in [0.4, 0.5) is 0 Å². The number of carboxylic acid groups (broad SMARTS) is 3. The second-order valence-corrected chi connectivity index (χ2v) is 8.55. The van der Waals surface area contributed by atoms with Gasteiger partial charge in [-0.1, -0.05) is 38.5 Å². The minimum Gasteiger partial charge on any atom is -0.493 e. The van der Waals surface area contributed by atoms with Crippen molar-refractivity contribution in [3.63, 3.8) is 0 Å². The number of ether oxygens (including phenoxy) is 2. The Bertz CT molecular complexity index is 860. The highest BCUT2D eigenvalue weighted by atomic mass is 16.5. The highest BCUT2D eigenvalue weighted by molar-refractivity contribution is 5.88. The number of unbranched alkanes of at least 4 members (excludes halogenated alkanes) is 6. The maximum atomic E-state index is 11.0. The van der Waals surface area contributed by atoms with Crippen molar-refractivity contribution in [2.75, 3.05) is 13.2 Å². The van der Waals surface area contributed by atoms with Crippen molar-refractivity contribution in [3.8, 4) is 11.5 Å². The van der Waals surface area contributed by atoms with E-state index in [1.807, 2.05) is 0 Å². The van der Waals surface area contributed by atoms with Crippen LogP contribution in [0.1, 0.15) is 78.5 Å². The van der Waals surface area contributed by atoms with Crippen LogP contribution in [0.2, 0.25) is 0 Å². The third kappa shape index (κ3) is 11.4. The topological polar surface area (TPSA) is 130 Å². The Morgan fingerprint density at radius 3 is 1.40 bits per heavy atom. The van der Waals surface area contributed by atoms with Crippen molar-refractivity contribution in [1.29, 1.82) is 0 Å². The van der Waals surface area contributed by atoms with Crippen molar-refractivity contribution < 1.29 is 39.2 Å². The molecule has 0 amide bonds. The summed E-state index contributed by atoms with van der Waals surface area (Å²) in [5.74, 6) is -1.43. The van der Waals surface area contributed by atoms with Crippen LogP contribution in [-0.4, -0.2) is 46.4 Å². The number of hydrogen-bond acceptors (Lipinski definition) is 5. The predicted octanol–water partition coefficient (Wildman–Crippen LogP) is 5.75. The van der Waals surface area contributed by atoms with Gasteiger partial charge in [0, 0.05) is 12.3 Å². The van der Waals surface area contributed by atoms with Gasteiger partial charge in [-0.15, -0.1) is 0 Å². The molecule has 0 unspecified atom stereocenters. The molecule has 0 heterocycles. The molecule has 35 heavy (non-hydrogen) atoms. The lowest BCUT2D eigenvalue weighted by Crippen LogP contribution is -2.20. The average molecular weight is 487 g/mol. The first-order valence-electron chi connectivity index (χ1n) is 12.0. The molecule has 2 aromatic rings. The van der Waals surface area contributed by atoms with Crippen molar-refractivity contribution >= 4 is 17.9 Å². The molecular weight excluding hydrogens is 452 g/mol. The molecule has 2 aromatic carbocycles. The summed E-state index contributed by atoms with van der Waals surface area (Å²) in [6.07, 6.45) is 8.09. The van der Waals surface area contributed by atoms with Gasteiger partial charge in [0.1, 0.15) is 11.5 Å². The second kappa shape index (κ2) is 15.4. The van der Waals surface area contributed by atoms with Gasteiger partial charge in [-0.25, -0.2) is 9.59 Å². The van der Waals surface area contributed by atoms with Crippen LogP contribution >= 0.6 is 0 Å². The summed E-state index contributed by atoms with van der Waals surface area (Å²) in [6, 6.07) is 12.6. The summed E-state index contributed by atoms with van der Waals surface area (Å²) in [7, 11) is 0. The minimum atomic E-state index is -0.987. The monoisotopic (exact) mass is 486 g/mol. The minimum absolute atomic E-state index is 0.101. The number of hydrogen-bond donors (Lipinski definition) is 3. The van der Waals surface area contributed by atoms with Gasteiger partial charge in [-0.3, -0.25) is 4.79 Å². The van der Waals surface area contributed by atoms with Crippen LogP contribution in [0.25, 0.3) is 0 Å². The van der Waals surface area contributed by atoms with E-state index in [0.717, 1.165) is 51.4 Å². The summed E-state index contributed by atoms with van der Waals surface area (Å²) in [6.45, 7) is 0.823. The maximum Gasteiger partial charge on any atom is 0.335 e. The summed E-state index contributed by atoms with van der Waals surface area (Å²) in [5.41, 5.74) is 0.398. The van der Waals surface area contributed by atoms with Gasteiger partial charge in [0.15, 0.2) is 0 Å². The molecular formula is C27H34O8. The normalized spacial score (nSPS) is 10.8. The van der Waals surface area contributed by atoms with Crippen molar-refractivity contribution in [1.82, 2.24) is 0 Å². The fourth-order valence-corrected chi connectivity index (χ4v) is 3.62. The molecule has 190 valence electrons. The Morgan fingerprint density at radius 2 is 1.00 bits per heavy atom. The van der Waals surface area contributed by atoms with Gasteiger partial charge in [-0.05, 0) is 61.4 Å². The molecule has 0 saturated carbocycles. The van der Waals surface area contributed by atoms with E-state index in [1.54, 1.807) is 24.3 Å². The van der Waals surface area contributed by atoms with E-state index in [2.05, 4.69) is 0 Å². The average Bonchev–Trinajstić information content (AvgIpc) is 2.84. The van der Waals surface area contributed by atoms with Gasteiger partial charge in [-0.2, -0.15) is 0 Å². The van der Waals surface area contributed by atoms with Gasteiger partial charge in [0.05, 0.1) is 24.3 Å². The lowest BCUT2D eigenvalue weighted by Gasteiger charge is -2.19. The standard InChI is InChI=1S/C27H34O8/c28-25(29)9-7-5-3-1-2-4-6-8-20(18-34-23-14-10-21(11-15-23)26(30)31)19-35-24-16-12-22(13-17-24)27(32)33/h10-17,20H,1-9,18-19H2,(H,28,29)(H,30,31)(H,32,33). The SMILES string of the molecule is O=C(O)CCCCCCCCCC(COc1ccc(C(=O)O)cc1)COc1ccc(C(=O)O)cc1. The molecule has 2 rings (SSSR count). The van der Waals surface area contributed by atoms with E-state index < -0.39 is 17.9 Å². The van der Waals surface area contributed by atoms with Crippen molar-refractivity contribution in [3.05, 3.63) is 59.7 Å². The first kappa shape index (κ1) is 27.7. The van der Waals surface area contributed by atoms with Gasteiger partial charge < -0.3 is 24.8 Å². The second-order valence-electron chi connectivity index (χ2n) is 8.55. The molecule has 0 aromatic heterocycles. The summed E-state index contributed by atoms with van der Waals surface area (Å²) in [5, 5.41) is 26.7. The van der Waals surface area contributed by atoms with E-state index >= 15 is 0 Å². The molecule has 0 aliphatic heterocycles. The Morgan fingerprint density at radius 1 is 0.600 bits per heavy atom. The lowest BCUT2D eigenvalue weighted by atomic mass is 10.0. The first-order chi connectivity index (χ1) is 16.8. The predicted molar refractivity (Wildman–Crippen MR) is 130 cm³/mol. The highest BCUT2D eigenvalue weighted by Gasteiger charge is 2.13. The highest BCUT2D eigenvalue weighted by Crippen LogP contribution is 2.19. The number of benzene rings is 2. The Labute approximate surface area is 205 Å². The summed E-state index contributed by atoms with van der Waals surface area (Å²) < 4.78 is 11.8. The zero-order valence-electron chi connectivity index (χ0n) is 19.9. The van der Waals surface area contributed by atoms with Crippen LogP contribution in [0.5, 0.6) is 11.5 Å². The quantitative estimate of drug-likeness (QED) is 0.227. The number of carbonyl (C=O) groups is 3. The Kier molecular flexibility index (Phi) is 12.2. The number of aliphatic carboxylic acids is 1. The largest absolute Gasteiger partial charge is 0.493 e. The molecule has 0 aliphatic carbocycles. The number of rotatable bonds is 18. The van der Waals surface area contributed by atoms with Gasteiger partial charge in [0.25, 0.3) is 0 Å². The van der Waals surface area contributed by atoms with Crippen LogP contribution in [-0.2, 0) is 4.79 Å². The lowest BCUT2D eigenvalue weighted by molar-refractivity contribution is -0.137. The zero-order valence-corrected chi connectivity index (χ0v) is 19.9. The number of aromatic carboxylic acids is 2. The molecule has 3 N–H and O–H groups in total. The molecule has 0 atom stereocenters. The van der Waals surface area contributed by atoms with Gasteiger partial charge in [0.2, 0.25) is 0 Å². The third-order valence-corrected chi connectivity index (χ3v) is 5.68. The molecule has 0 fully saturated rings. The van der Waals surface area contributed by atoms with E-state index in [-0.39, 0.29) is 23.5 Å². The molecule has 0 radical (unpaired) electrons. The van der Waals surface area contributed by atoms with Gasteiger partial charge >= 0.3 is 17.9 Å². The molecule has 0 spiro atoms. The molecule has 0 aliphatic rings. The van der Waals surface area contributed by atoms with Crippen molar-refractivity contribution in [2.45, 2.75) is 57.8 Å². The van der Waals surface area contributed by atoms with Crippen LogP contribution in [0, 0.1) is 5.92 Å². The fraction of sp³-hybridized carbons (Fsp3) is 0.444. The molecule has 8 heteroatoms. The summed E-state index contributed by atoms with van der Waals surface area (Å²) >= 11 is 0. The Balaban J connectivity index is 1.80. The maximum absolute atomic E-state index is 11.0. The van der Waals surface area contributed by atoms with Crippen LogP contribution in [0.15, 0.2) is 48.5 Å².